The average molecular weight is 369 g/mol. The van der Waals surface area contributed by atoms with Crippen LogP contribution in [0, 0.1) is 11.6 Å². The van der Waals surface area contributed by atoms with Crippen molar-refractivity contribution in [2.45, 2.75) is 23.5 Å². The third-order valence-corrected chi connectivity index (χ3v) is 5.41. The molecule has 2 heterocycles. The minimum atomic E-state index is -3.55. The van der Waals surface area contributed by atoms with Crippen LogP contribution in [0.1, 0.15) is 18.1 Å². The van der Waals surface area contributed by atoms with Crippen molar-refractivity contribution in [3.05, 3.63) is 53.7 Å². The van der Waals surface area contributed by atoms with Crippen LogP contribution in [0.2, 0.25) is 0 Å². The van der Waals surface area contributed by atoms with Crippen LogP contribution in [0.3, 0.4) is 0 Å². The van der Waals surface area contributed by atoms with E-state index in [1.807, 2.05) is 0 Å². The number of nitrogens with one attached hydrogen (secondary N) is 2. The summed E-state index contributed by atoms with van der Waals surface area (Å²) in [6.45, 7) is 0.466. The van der Waals surface area contributed by atoms with E-state index in [4.69, 9.17) is 4.74 Å². The lowest BCUT2D eigenvalue weighted by molar-refractivity contribution is 0.107. The zero-order chi connectivity index (χ0) is 18.0. The Morgan fingerprint density at radius 1 is 1.20 bits per heavy atom. The molecular formula is C16H17F2N3O3S. The molecule has 3 rings (SSSR count). The van der Waals surface area contributed by atoms with Crippen LogP contribution in [-0.2, 0) is 14.8 Å². The quantitative estimate of drug-likeness (QED) is 0.845. The number of halogens is 2. The van der Waals surface area contributed by atoms with Gasteiger partial charge in [-0.2, -0.15) is 0 Å². The van der Waals surface area contributed by atoms with Crippen LogP contribution in [-0.4, -0.2) is 33.1 Å². The molecule has 2 N–H and O–H groups in total. The standard InChI is InChI=1S/C16H17F2N3O3S/c1-19-25(22,23)11-3-5-15(20-9-11)21-14-6-7-24-16(14)10-2-4-12(17)13(18)8-10/h2-5,8-9,14,16,19H,6-7H2,1H3,(H,20,21). The Hall–Kier alpha value is -2.10. The van der Waals surface area contributed by atoms with E-state index in [2.05, 4.69) is 15.0 Å². The van der Waals surface area contributed by atoms with Crippen LogP contribution < -0.4 is 10.0 Å². The van der Waals surface area contributed by atoms with E-state index < -0.39 is 27.8 Å². The number of hydrogen-bond acceptors (Lipinski definition) is 5. The fraction of sp³-hybridized carbons (Fsp3) is 0.312. The predicted octanol–water partition coefficient (Wildman–Crippen LogP) is 2.21. The van der Waals surface area contributed by atoms with Gasteiger partial charge in [-0.05, 0) is 43.3 Å². The maximum absolute atomic E-state index is 13.5. The number of rotatable bonds is 5. The second kappa shape index (κ2) is 7.03. The van der Waals surface area contributed by atoms with Crippen LogP contribution in [0.25, 0.3) is 0 Å². The minimum Gasteiger partial charge on any atom is -0.371 e. The van der Waals surface area contributed by atoms with Gasteiger partial charge in [0.25, 0.3) is 0 Å². The molecule has 1 fully saturated rings. The first-order valence-electron chi connectivity index (χ1n) is 7.63. The van der Waals surface area contributed by atoms with Crippen molar-refractivity contribution in [2.24, 2.45) is 0 Å². The third kappa shape index (κ3) is 3.78. The number of pyridine rings is 1. The Kier molecular flexibility index (Phi) is 4.98. The van der Waals surface area contributed by atoms with E-state index >= 15 is 0 Å². The molecule has 0 radical (unpaired) electrons. The summed E-state index contributed by atoms with van der Waals surface area (Å²) < 4.78 is 57.8. The summed E-state index contributed by atoms with van der Waals surface area (Å²) in [5, 5.41) is 3.15. The highest BCUT2D eigenvalue weighted by atomic mass is 32.2. The molecule has 0 spiro atoms. The third-order valence-electron chi connectivity index (χ3n) is 4.01. The highest BCUT2D eigenvalue weighted by Crippen LogP contribution is 2.32. The van der Waals surface area contributed by atoms with Gasteiger partial charge in [0.2, 0.25) is 10.0 Å². The fourth-order valence-electron chi connectivity index (χ4n) is 2.69. The first kappa shape index (κ1) is 17.7. The molecule has 0 saturated carbocycles. The van der Waals surface area contributed by atoms with Gasteiger partial charge in [0, 0.05) is 12.8 Å². The zero-order valence-corrected chi connectivity index (χ0v) is 14.2. The van der Waals surface area contributed by atoms with Gasteiger partial charge in [-0.3, -0.25) is 0 Å². The summed E-state index contributed by atoms with van der Waals surface area (Å²) in [4.78, 5) is 4.15. The van der Waals surface area contributed by atoms with E-state index in [-0.39, 0.29) is 10.9 Å². The summed E-state index contributed by atoms with van der Waals surface area (Å²) in [5.74, 6) is -1.36. The second-order valence-electron chi connectivity index (χ2n) is 5.59. The molecule has 0 bridgehead atoms. The lowest BCUT2D eigenvalue weighted by Gasteiger charge is -2.21. The number of hydrogen-bond donors (Lipinski definition) is 2. The summed E-state index contributed by atoms with van der Waals surface area (Å²) in [6, 6.07) is 6.46. The van der Waals surface area contributed by atoms with Crippen molar-refractivity contribution in [3.8, 4) is 0 Å². The van der Waals surface area contributed by atoms with Gasteiger partial charge >= 0.3 is 0 Å². The first-order valence-corrected chi connectivity index (χ1v) is 9.12. The first-order chi connectivity index (χ1) is 11.9. The summed E-state index contributed by atoms with van der Waals surface area (Å²) in [6.07, 6.45) is 1.45. The molecule has 0 aliphatic carbocycles. The number of sulfonamides is 1. The molecule has 2 unspecified atom stereocenters. The Balaban J connectivity index is 1.76. The molecule has 1 aliphatic heterocycles. The van der Waals surface area contributed by atoms with Gasteiger partial charge in [-0.25, -0.2) is 26.9 Å². The molecule has 2 aromatic rings. The van der Waals surface area contributed by atoms with E-state index in [0.717, 1.165) is 12.1 Å². The van der Waals surface area contributed by atoms with Crippen molar-refractivity contribution in [3.63, 3.8) is 0 Å². The molecular weight excluding hydrogens is 352 g/mol. The molecule has 1 aromatic heterocycles. The molecule has 134 valence electrons. The monoisotopic (exact) mass is 369 g/mol. The summed E-state index contributed by atoms with van der Waals surface area (Å²) in [5.41, 5.74) is 0.531. The number of anilines is 1. The van der Waals surface area contributed by atoms with Crippen LogP contribution in [0.5, 0.6) is 0 Å². The highest BCUT2D eigenvalue weighted by Gasteiger charge is 2.30. The normalized spacial score (nSPS) is 20.6. The lowest BCUT2D eigenvalue weighted by atomic mass is 10.0. The molecule has 2 atom stereocenters. The topological polar surface area (TPSA) is 80.3 Å². The molecule has 1 saturated heterocycles. The van der Waals surface area contributed by atoms with Crippen molar-refractivity contribution >= 4 is 15.8 Å². The van der Waals surface area contributed by atoms with E-state index in [9.17, 15) is 17.2 Å². The highest BCUT2D eigenvalue weighted by molar-refractivity contribution is 7.89. The SMILES string of the molecule is CNS(=O)(=O)c1ccc(NC2CCOC2c2ccc(F)c(F)c2)nc1. The van der Waals surface area contributed by atoms with Crippen molar-refractivity contribution < 1.29 is 21.9 Å². The maximum atomic E-state index is 13.5. The van der Waals surface area contributed by atoms with Crippen molar-refractivity contribution in [1.82, 2.24) is 9.71 Å². The number of benzene rings is 1. The molecule has 6 nitrogen and oxygen atoms in total. The fourth-order valence-corrected chi connectivity index (χ4v) is 3.36. The van der Waals surface area contributed by atoms with Gasteiger partial charge in [-0.1, -0.05) is 6.07 Å². The Morgan fingerprint density at radius 2 is 2.00 bits per heavy atom. The smallest absolute Gasteiger partial charge is 0.241 e. The molecule has 0 amide bonds. The van der Waals surface area contributed by atoms with Crippen molar-refractivity contribution in [1.29, 1.82) is 0 Å². The molecule has 9 heteroatoms. The van der Waals surface area contributed by atoms with Crippen LogP contribution in [0.4, 0.5) is 14.6 Å². The van der Waals surface area contributed by atoms with Crippen LogP contribution >= 0.6 is 0 Å². The van der Waals surface area contributed by atoms with Gasteiger partial charge in [0.05, 0.1) is 6.04 Å². The van der Waals surface area contributed by atoms with E-state index in [1.165, 1.54) is 25.4 Å². The lowest BCUT2D eigenvalue weighted by Crippen LogP contribution is -2.24. The molecule has 1 aliphatic rings. The number of ether oxygens (including phenoxy) is 1. The van der Waals surface area contributed by atoms with Gasteiger partial charge in [-0.15, -0.1) is 0 Å². The molecule has 1 aromatic carbocycles. The second-order valence-corrected chi connectivity index (χ2v) is 7.48. The number of aromatic nitrogens is 1. The predicted molar refractivity (Wildman–Crippen MR) is 87.6 cm³/mol. The van der Waals surface area contributed by atoms with E-state index in [1.54, 1.807) is 6.07 Å². The largest absolute Gasteiger partial charge is 0.371 e. The maximum Gasteiger partial charge on any atom is 0.241 e. The van der Waals surface area contributed by atoms with Crippen LogP contribution in [0.15, 0.2) is 41.4 Å². The summed E-state index contributed by atoms with van der Waals surface area (Å²) in [7, 11) is -2.22. The Labute approximate surface area is 144 Å². The Bertz CT molecular complexity index is 859. The van der Waals surface area contributed by atoms with Gasteiger partial charge in [0.1, 0.15) is 16.8 Å². The molecule has 25 heavy (non-hydrogen) atoms. The average Bonchev–Trinajstić information content (AvgIpc) is 3.06. The minimum absolute atomic E-state index is 0.0559. The van der Waals surface area contributed by atoms with Gasteiger partial charge < -0.3 is 10.1 Å². The van der Waals surface area contributed by atoms with Crippen molar-refractivity contribution in [2.75, 3.05) is 19.0 Å². The summed E-state index contributed by atoms with van der Waals surface area (Å²) >= 11 is 0. The van der Waals surface area contributed by atoms with Gasteiger partial charge in [0.15, 0.2) is 11.6 Å². The zero-order valence-electron chi connectivity index (χ0n) is 13.4. The number of nitrogens with zero attached hydrogens (tertiary/aromatic N) is 1. The van der Waals surface area contributed by atoms with E-state index in [0.29, 0.717) is 24.4 Å². The Morgan fingerprint density at radius 3 is 2.64 bits per heavy atom.